The zero-order valence-corrected chi connectivity index (χ0v) is 14.3. The number of aliphatic carboxylic acids is 1. The quantitative estimate of drug-likeness (QED) is 0.911. The fraction of sp³-hybridized carbons (Fsp3) is 0.500. The number of carbonyl (C=O) groups is 1. The number of carboxylic acids is 1. The second-order valence-electron chi connectivity index (χ2n) is 7.21. The number of likely N-dealkylation sites (tertiary alicyclic amines) is 1. The highest BCUT2D eigenvalue weighted by Gasteiger charge is 2.56. The number of hydrogen-bond donors (Lipinski definition) is 1. The Morgan fingerprint density at radius 2 is 2.24 bits per heavy atom. The fourth-order valence-electron chi connectivity index (χ4n) is 3.81. The number of para-hydroxylation sites is 1. The van der Waals surface area contributed by atoms with E-state index in [1.165, 1.54) is 0 Å². The molecular formula is C18H21N3O4. The normalized spacial score (nSPS) is 25.5. The number of rotatable bonds is 4. The summed E-state index contributed by atoms with van der Waals surface area (Å²) in [5, 5.41) is 13.9. The van der Waals surface area contributed by atoms with Crippen molar-refractivity contribution in [3.05, 3.63) is 41.5 Å². The van der Waals surface area contributed by atoms with E-state index < -0.39 is 11.4 Å². The Morgan fingerprint density at radius 3 is 2.96 bits per heavy atom. The maximum Gasteiger partial charge on any atom is 0.315 e. The molecule has 1 N–H and O–H groups in total. The maximum absolute atomic E-state index is 12.1. The van der Waals surface area contributed by atoms with Crippen molar-refractivity contribution in [2.24, 2.45) is 5.41 Å². The van der Waals surface area contributed by atoms with Crippen molar-refractivity contribution in [1.82, 2.24) is 15.0 Å². The van der Waals surface area contributed by atoms with Crippen LogP contribution in [0.2, 0.25) is 0 Å². The van der Waals surface area contributed by atoms with Gasteiger partial charge in [-0.3, -0.25) is 9.69 Å². The molecule has 1 saturated heterocycles. The first kappa shape index (κ1) is 16.1. The van der Waals surface area contributed by atoms with Crippen molar-refractivity contribution in [2.45, 2.75) is 32.2 Å². The number of benzene rings is 1. The zero-order valence-electron chi connectivity index (χ0n) is 14.3. The van der Waals surface area contributed by atoms with E-state index in [1.807, 2.05) is 38.1 Å². The van der Waals surface area contributed by atoms with Gasteiger partial charge in [0.15, 0.2) is 5.82 Å². The van der Waals surface area contributed by atoms with E-state index in [-0.39, 0.29) is 18.4 Å². The summed E-state index contributed by atoms with van der Waals surface area (Å²) in [5.41, 5.74) is 0.0296. The Labute approximate surface area is 145 Å². The topological polar surface area (TPSA) is 88.7 Å². The van der Waals surface area contributed by atoms with Crippen LogP contribution in [0.3, 0.4) is 0 Å². The molecule has 0 amide bonds. The predicted molar refractivity (Wildman–Crippen MR) is 88.4 cm³/mol. The van der Waals surface area contributed by atoms with Crippen molar-refractivity contribution in [3.63, 3.8) is 0 Å². The van der Waals surface area contributed by atoms with E-state index in [2.05, 4.69) is 15.0 Å². The molecule has 25 heavy (non-hydrogen) atoms. The molecule has 1 aromatic heterocycles. The molecule has 7 heteroatoms. The van der Waals surface area contributed by atoms with E-state index in [1.54, 1.807) is 0 Å². The molecular weight excluding hydrogens is 322 g/mol. The van der Waals surface area contributed by atoms with E-state index >= 15 is 0 Å². The summed E-state index contributed by atoms with van der Waals surface area (Å²) < 4.78 is 11.1. The molecule has 7 nitrogen and oxygen atoms in total. The third-order valence-electron chi connectivity index (χ3n) is 5.18. The Balaban J connectivity index is 1.61. The molecule has 2 aliphatic rings. The number of ether oxygens (including phenoxy) is 1. The molecule has 0 unspecified atom stereocenters. The standard InChI is InChI=1S/C18H21N3O4/c1-11(2)16-19-15(25-20-16)8-21-7-13-12-5-3-4-6-14(12)24-10-18(13,9-21)17(22)23/h3-6,11,13H,7-10H2,1-2H3,(H,22,23)/t13-,18-/m0/s1. The van der Waals surface area contributed by atoms with E-state index in [4.69, 9.17) is 9.26 Å². The molecule has 0 aliphatic carbocycles. The summed E-state index contributed by atoms with van der Waals surface area (Å²) >= 11 is 0. The van der Waals surface area contributed by atoms with Gasteiger partial charge in [0, 0.05) is 24.9 Å². The predicted octanol–water partition coefficient (Wildman–Crippen LogP) is 2.26. The monoisotopic (exact) mass is 343 g/mol. The average Bonchev–Trinajstić information content (AvgIpc) is 3.20. The van der Waals surface area contributed by atoms with Crippen LogP contribution in [0.4, 0.5) is 0 Å². The van der Waals surface area contributed by atoms with Gasteiger partial charge in [-0.15, -0.1) is 0 Å². The van der Waals surface area contributed by atoms with Crippen molar-refractivity contribution >= 4 is 5.97 Å². The lowest BCUT2D eigenvalue weighted by Gasteiger charge is -2.35. The van der Waals surface area contributed by atoms with Gasteiger partial charge in [-0.25, -0.2) is 0 Å². The Hall–Kier alpha value is -2.41. The Morgan fingerprint density at radius 1 is 1.44 bits per heavy atom. The molecule has 0 spiro atoms. The number of carboxylic acid groups (broad SMARTS) is 1. The highest BCUT2D eigenvalue weighted by molar-refractivity contribution is 5.78. The molecule has 0 radical (unpaired) electrons. The largest absolute Gasteiger partial charge is 0.492 e. The van der Waals surface area contributed by atoms with Crippen molar-refractivity contribution in [3.8, 4) is 5.75 Å². The van der Waals surface area contributed by atoms with Crippen LogP contribution in [0.15, 0.2) is 28.8 Å². The molecule has 3 heterocycles. The molecule has 2 aromatic rings. The molecule has 1 aromatic carbocycles. The Bertz CT molecular complexity index is 803. The van der Waals surface area contributed by atoms with E-state index in [0.29, 0.717) is 31.3 Å². The third-order valence-corrected chi connectivity index (χ3v) is 5.18. The fourth-order valence-corrected chi connectivity index (χ4v) is 3.81. The number of nitrogens with zero attached hydrogens (tertiary/aromatic N) is 3. The van der Waals surface area contributed by atoms with E-state index in [9.17, 15) is 9.90 Å². The van der Waals surface area contributed by atoms with Crippen LogP contribution in [-0.4, -0.2) is 45.8 Å². The van der Waals surface area contributed by atoms with Crippen LogP contribution in [0.25, 0.3) is 0 Å². The summed E-state index contributed by atoms with van der Waals surface area (Å²) in [4.78, 5) is 18.6. The molecule has 4 rings (SSSR count). The lowest BCUT2D eigenvalue weighted by atomic mass is 9.73. The first-order valence-corrected chi connectivity index (χ1v) is 8.49. The van der Waals surface area contributed by atoms with Crippen LogP contribution in [0.1, 0.15) is 43.0 Å². The van der Waals surface area contributed by atoms with Crippen molar-refractivity contribution < 1.29 is 19.2 Å². The van der Waals surface area contributed by atoms with Gasteiger partial charge in [-0.05, 0) is 11.6 Å². The highest BCUT2D eigenvalue weighted by atomic mass is 16.5. The second-order valence-corrected chi connectivity index (χ2v) is 7.21. The van der Waals surface area contributed by atoms with Crippen LogP contribution in [-0.2, 0) is 11.3 Å². The molecule has 2 atom stereocenters. The lowest BCUT2D eigenvalue weighted by Crippen LogP contribution is -2.45. The van der Waals surface area contributed by atoms with Crippen LogP contribution in [0, 0.1) is 5.41 Å². The lowest BCUT2D eigenvalue weighted by molar-refractivity contribution is -0.151. The van der Waals surface area contributed by atoms with Gasteiger partial charge in [-0.2, -0.15) is 4.98 Å². The van der Waals surface area contributed by atoms with Crippen molar-refractivity contribution in [1.29, 1.82) is 0 Å². The molecule has 1 fully saturated rings. The minimum absolute atomic E-state index is 0.109. The van der Waals surface area contributed by atoms with Gasteiger partial charge in [-0.1, -0.05) is 37.2 Å². The van der Waals surface area contributed by atoms with Gasteiger partial charge in [0.1, 0.15) is 17.8 Å². The van der Waals surface area contributed by atoms with Crippen LogP contribution >= 0.6 is 0 Å². The SMILES string of the molecule is CC(C)c1noc(CN2C[C@H]3c4ccccc4OC[C@@]3(C(=O)O)C2)n1. The number of hydrogen-bond acceptors (Lipinski definition) is 6. The summed E-state index contributed by atoms with van der Waals surface area (Å²) in [5.74, 6) is 1.26. The van der Waals surface area contributed by atoms with Gasteiger partial charge in [0.25, 0.3) is 0 Å². The van der Waals surface area contributed by atoms with Gasteiger partial charge in [0.2, 0.25) is 5.89 Å². The molecule has 0 bridgehead atoms. The minimum Gasteiger partial charge on any atom is -0.492 e. The third kappa shape index (κ3) is 2.59. The average molecular weight is 343 g/mol. The Kier molecular flexibility index (Phi) is 3.76. The van der Waals surface area contributed by atoms with E-state index in [0.717, 1.165) is 11.3 Å². The summed E-state index contributed by atoms with van der Waals surface area (Å²) in [6, 6.07) is 7.70. The summed E-state index contributed by atoms with van der Waals surface area (Å²) in [6.07, 6.45) is 0. The second kappa shape index (κ2) is 5.84. The first-order chi connectivity index (χ1) is 12.0. The van der Waals surface area contributed by atoms with Crippen LogP contribution < -0.4 is 4.74 Å². The molecule has 132 valence electrons. The van der Waals surface area contributed by atoms with Gasteiger partial charge < -0.3 is 14.4 Å². The maximum atomic E-state index is 12.1. The van der Waals surface area contributed by atoms with Gasteiger partial charge in [0.05, 0.1) is 6.54 Å². The zero-order chi connectivity index (χ0) is 17.6. The van der Waals surface area contributed by atoms with Crippen LogP contribution in [0.5, 0.6) is 5.75 Å². The number of aromatic nitrogens is 2. The molecule has 2 aliphatic heterocycles. The summed E-state index contributed by atoms with van der Waals surface area (Å²) in [7, 11) is 0. The highest BCUT2D eigenvalue weighted by Crippen LogP contribution is 2.49. The summed E-state index contributed by atoms with van der Waals surface area (Å²) in [6.45, 7) is 5.68. The smallest absolute Gasteiger partial charge is 0.315 e. The first-order valence-electron chi connectivity index (χ1n) is 8.49. The minimum atomic E-state index is -0.935. The number of fused-ring (bicyclic) bond motifs is 3. The van der Waals surface area contributed by atoms with Gasteiger partial charge >= 0.3 is 5.97 Å². The molecule has 0 saturated carbocycles. The van der Waals surface area contributed by atoms with Crippen molar-refractivity contribution in [2.75, 3.05) is 19.7 Å².